The maximum Gasteiger partial charge on any atom is 0.296 e. The number of hydrogen-bond donors (Lipinski definition) is 1. The fourth-order valence-electron chi connectivity index (χ4n) is 3.90. The van der Waals surface area contributed by atoms with Crippen molar-refractivity contribution in [2.24, 2.45) is 5.92 Å². The molecule has 1 aromatic heterocycles. The first-order valence-corrected chi connectivity index (χ1v) is 11.1. The quantitative estimate of drug-likeness (QED) is 0.290. The summed E-state index contributed by atoms with van der Waals surface area (Å²) in [5.41, 5.74) is 1.14. The molecule has 0 spiro atoms. The number of ether oxygens (including phenoxy) is 2. The SMILES string of the molecule is COc1cccc(CN2C(=O)C(=O)/C(=C(\O)c3cccc(OCC(C)C)c3)C2c2ccco2)c1. The zero-order valence-electron chi connectivity index (χ0n) is 19.4. The van der Waals surface area contributed by atoms with Crippen LogP contribution >= 0.6 is 0 Å². The molecule has 34 heavy (non-hydrogen) atoms. The van der Waals surface area contributed by atoms with Crippen LogP contribution < -0.4 is 9.47 Å². The third kappa shape index (κ3) is 4.69. The molecule has 1 amide bonds. The van der Waals surface area contributed by atoms with E-state index in [4.69, 9.17) is 13.9 Å². The van der Waals surface area contributed by atoms with Crippen LogP contribution in [0.5, 0.6) is 11.5 Å². The molecule has 7 nitrogen and oxygen atoms in total. The minimum Gasteiger partial charge on any atom is -0.507 e. The van der Waals surface area contributed by atoms with Gasteiger partial charge in [0.2, 0.25) is 0 Å². The van der Waals surface area contributed by atoms with E-state index in [0.29, 0.717) is 35.3 Å². The highest BCUT2D eigenvalue weighted by molar-refractivity contribution is 6.46. The van der Waals surface area contributed by atoms with Gasteiger partial charge in [-0.3, -0.25) is 9.59 Å². The summed E-state index contributed by atoms with van der Waals surface area (Å²) in [6, 6.07) is 16.6. The Balaban J connectivity index is 1.75. The molecule has 0 aliphatic carbocycles. The number of ketones is 1. The van der Waals surface area contributed by atoms with Crippen LogP contribution in [0.25, 0.3) is 5.76 Å². The fourth-order valence-corrected chi connectivity index (χ4v) is 3.90. The number of carbonyl (C=O) groups excluding carboxylic acids is 2. The maximum atomic E-state index is 13.1. The van der Waals surface area contributed by atoms with Crippen molar-refractivity contribution in [3.63, 3.8) is 0 Å². The number of Topliss-reactive ketones (excluding diaryl/α,β-unsaturated/α-hetero) is 1. The predicted octanol–water partition coefficient (Wildman–Crippen LogP) is 4.94. The van der Waals surface area contributed by atoms with E-state index < -0.39 is 17.7 Å². The lowest BCUT2D eigenvalue weighted by atomic mass is 9.99. The summed E-state index contributed by atoms with van der Waals surface area (Å²) in [5.74, 6) is 0.171. The second kappa shape index (κ2) is 9.87. The maximum absolute atomic E-state index is 13.1. The Morgan fingerprint density at radius 1 is 1.06 bits per heavy atom. The van der Waals surface area contributed by atoms with Crippen molar-refractivity contribution in [2.45, 2.75) is 26.4 Å². The Morgan fingerprint density at radius 2 is 1.82 bits per heavy atom. The summed E-state index contributed by atoms with van der Waals surface area (Å²) in [5, 5.41) is 11.2. The average molecular weight is 462 g/mol. The molecule has 176 valence electrons. The number of amides is 1. The zero-order valence-corrected chi connectivity index (χ0v) is 19.4. The Hall–Kier alpha value is -4.00. The van der Waals surface area contributed by atoms with Gasteiger partial charge in [0.1, 0.15) is 29.1 Å². The van der Waals surface area contributed by atoms with Crippen LogP contribution in [0.15, 0.2) is 76.9 Å². The van der Waals surface area contributed by atoms with E-state index in [1.807, 2.05) is 26.0 Å². The number of aliphatic hydroxyl groups excluding tert-OH is 1. The molecular weight excluding hydrogens is 434 g/mol. The molecule has 0 saturated carbocycles. The van der Waals surface area contributed by atoms with Gasteiger partial charge in [0.25, 0.3) is 11.7 Å². The van der Waals surface area contributed by atoms with Crippen molar-refractivity contribution in [1.82, 2.24) is 4.90 Å². The number of rotatable bonds is 8. The lowest BCUT2D eigenvalue weighted by molar-refractivity contribution is -0.140. The Labute approximate surface area is 198 Å². The van der Waals surface area contributed by atoms with Gasteiger partial charge < -0.3 is 23.9 Å². The van der Waals surface area contributed by atoms with Crippen molar-refractivity contribution >= 4 is 17.4 Å². The Bertz CT molecular complexity index is 1210. The molecular formula is C27H27NO6. The number of furan rings is 1. The molecule has 0 bridgehead atoms. The summed E-state index contributed by atoms with van der Waals surface area (Å²) in [4.78, 5) is 27.6. The van der Waals surface area contributed by atoms with E-state index in [9.17, 15) is 14.7 Å². The average Bonchev–Trinajstić information content (AvgIpc) is 3.45. The van der Waals surface area contributed by atoms with Crippen LogP contribution in [-0.2, 0) is 16.1 Å². The van der Waals surface area contributed by atoms with Crippen LogP contribution in [0.1, 0.15) is 36.8 Å². The number of aliphatic hydroxyl groups is 1. The second-order valence-corrected chi connectivity index (χ2v) is 8.53. The highest BCUT2D eigenvalue weighted by Crippen LogP contribution is 2.40. The van der Waals surface area contributed by atoms with Gasteiger partial charge in [-0.1, -0.05) is 38.1 Å². The molecule has 1 unspecified atom stereocenters. The van der Waals surface area contributed by atoms with Crippen molar-refractivity contribution < 1.29 is 28.6 Å². The monoisotopic (exact) mass is 461 g/mol. The van der Waals surface area contributed by atoms with Gasteiger partial charge in [0, 0.05) is 12.1 Å². The summed E-state index contributed by atoms with van der Waals surface area (Å²) in [6.45, 7) is 4.73. The van der Waals surface area contributed by atoms with Gasteiger partial charge in [0.15, 0.2) is 0 Å². The van der Waals surface area contributed by atoms with Gasteiger partial charge in [-0.25, -0.2) is 0 Å². The van der Waals surface area contributed by atoms with Crippen LogP contribution in [-0.4, -0.2) is 35.4 Å². The van der Waals surface area contributed by atoms with Crippen LogP contribution in [0.2, 0.25) is 0 Å². The molecule has 3 aromatic rings. The second-order valence-electron chi connectivity index (χ2n) is 8.53. The van der Waals surface area contributed by atoms with Gasteiger partial charge >= 0.3 is 0 Å². The molecule has 2 heterocycles. The van der Waals surface area contributed by atoms with Gasteiger partial charge in [-0.05, 0) is 47.9 Å². The lowest BCUT2D eigenvalue weighted by Crippen LogP contribution is -2.29. The van der Waals surface area contributed by atoms with Crippen LogP contribution in [0.4, 0.5) is 0 Å². The highest BCUT2D eigenvalue weighted by atomic mass is 16.5. The van der Waals surface area contributed by atoms with Crippen LogP contribution in [0.3, 0.4) is 0 Å². The summed E-state index contributed by atoms with van der Waals surface area (Å²) < 4.78 is 16.6. The number of nitrogens with zero attached hydrogens (tertiary/aromatic N) is 1. The minimum atomic E-state index is -0.874. The topological polar surface area (TPSA) is 89.2 Å². The molecule has 0 radical (unpaired) electrons. The van der Waals surface area contributed by atoms with Gasteiger partial charge in [0.05, 0.1) is 25.6 Å². The third-order valence-corrected chi connectivity index (χ3v) is 5.53. The molecule has 1 N–H and O–H groups in total. The fraction of sp³-hybridized carbons (Fsp3) is 0.259. The number of carbonyl (C=O) groups is 2. The smallest absolute Gasteiger partial charge is 0.296 e. The van der Waals surface area contributed by atoms with Crippen molar-refractivity contribution in [3.05, 3.63) is 89.4 Å². The van der Waals surface area contributed by atoms with Gasteiger partial charge in [-0.2, -0.15) is 0 Å². The number of hydrogen-bond acceptors (Lipinski definition) is 6. The van der Waals surface area contributed by atoms with Gasteiger partial charge in [-0.15, -0.1) is 0 Å². The molecule has 1 atom stereocenters. The Morgan fingerprint density at radius 3 is 2.53 bits per heavy atom. The van der Waals surface area contributed by atoms with Crippen molar-refractivity contribution in [3.8, 4) is 11.5 Å². The van der Waals surface area contributed by atoms with Crippen molar-refractivity contribution in [1.29, 1.82) is 0 Å². The first-order valence-electron chi connectivity index (χ1n) is 11.1. The number of methoxy groups -OCH3 is 1. The third-order valence-electron chi connectivity index (χ3n) is 5.53. The first-order chi connectivity index (χ1) is 16.4. The summed E-state index contributed by atoms with van der Waals surface area (Å²) in [7, 11) is 1.56. The number of benzene rings is 2. The highest BCUT2D eigenvalue weighted by Gasteiger charge is 2.47. The molecule has 4 rings (SSSR count). The van der Waals surface area contributed by atoms with Crippen LogP contribution in [0, 0.1) is 5.92 Å². The van der Waals surface area contributed by atoms with E-state index >= 15 is 0 Å². The molecule has 1 saturated heterocycles. The van der Waals surface area contributed by atoms with E-state index in [2.05, 4.69) is 0 Å². The number of likely N-dealkylation sites (tertiary alicyclic amines) is 1. The predicted molar refractivity (Wildman–Crippen MR) is 126 cm³/mol. The summed E-state index contributed by atoms with van der Waals surface area (Å²) in [6.07, 6.45) is 1.47. The van der Waals surface area contributed by atoms with Crippen molar-refractivity contribution in [2.75, 3.05) is 13.7 Å². The zero-order chi connectivity index (χ0) is 24.2. The lowest BCUT2D eigenvalue weighted by Gasteiger charge is -2.23. The first kappa shape index (κ1) is 23.2. The van der Waals surface area contributed by atoms with E-state index in [-0.39, 0.29) is 17.9 Å². The molecule has 2 aromatic carbocycles. The van der Waals surface area contributed by atoms with E-state index in [0.717, 1.165) is 5.56 Å². The molecule has 1 fully saturated rings. The molecule has 7 heteroatoms. The normalized spacial score (nSPS) is 17.4. The minimum absolute atomic E-state index is 0.0242. The molecule has 1 aliphatic heterocycles. The Kier molecular flexibility index (Phi) is 6.72. The summed E-state index contributed by atoms with van der Waals surface area (Å²) >= 11 is 0. The molecule has 1 aliphatic rings. The largest absolute Gasteiger partial charge is 0.507 e. The van der Waals surface area contributed by atoms with E-state index in [1.54, 1.807) is 55.6 Å². The van der Waals surface area contributed by atoms with E-state index in [1.165, 1.54) is 11.2 Å². The standard InChI is InChI=1S/C27H27NO6/c1-17(2)16-34-21-10-5-8-19(14-21)25(29)23-24(22-11-6-12-33-22)28(27(31)26(23)30)15-18-7-4-9-20(13-18)32-3/h4-14,17,24,29H,15-16H2,1-3H3/b25-23-.